The fourth-order valence-electron chi connectivity index (χ4n) is 6.13. The van der Waals surface area contributed by atoms with Crippen molar-refractivity contribution >= 4 is 0 Å². The third-order valence-electron chi connectivity index (χ3n) is 8.24. The first-order valence-corrected chi connectivity index (χ1v) is 15.5. The van der Waals surface area contributed by atoms with E-state index in [1.54, 1.807) is 0 Å². The largest absolute Gasteiger partial charge is 0.393 e. The van der Waals surface area contributed by atoms with Crippen molar-refractivity contribution in [3.8, 4) is 0 Å². The highest BCUT2D eigenvalue weighted by Gasteiger charge is 2.32. The van der Waals surface area contributed by atoms with Gasteiger partial charge in [0.2, 0.25) is 0 Å². The summed E-state index contributed by atoms with van der Waals surface area (Å²) in [5, 5.41) is 20.2. The SMILES string of the molecule is CC1=C(\C=C/C(C)=C/C=C\C(C)=C\C=C\C=C(C)\C=C\C=C(C)\C=C/C2=C(C)C[C@@H](O)CC2(C)C)C(C)(C)C[C@H](O)C1. The number of allylic oxidation sites excluding steroid dienone is 20. The van der Waals surface area contributed by atoms with Crippen LogP contribution in [0.3, 0.4) is 0 Å². The molecule has 2 aliphatic rings. The molecule has 0 aromatic heterocycles. The van der Waals surface area contributed by atoms with Crippen LogP contribution in [-0.2, 0) is 0 Å². The molecule has 0 spiro atoms. The van der Waals surface area contributed by atoms with Gasteiger partial charge in [0.15, 0.2) is 0 Å². The Kier molecular flexibility index (Phi) is 13.5. The summed E-state index contributed by atoms with van der Waals surface area (Å²) in [6.45, 7) is 21.6. The standard InChI is InChI=1S/C40H56O2/c1-29(17-13-19-31(3)21-23-37-33(5)25-35(41)27-39(37,7)8)15-11-12-16-30(2)18-14-20-32(4)22-24-38-34(6)26-36(42)28-40(38,9)10/h11-24,35-36,41-42H,25-28H2,1-10H3/b12-11+,17-13-,18-14+,23-21-,24-22-,29-15+,30-16+,31-19+,32-20+/t35-,36-/m1/s1. The normalized spacial score (nSPS) is 25.0. The van der Waals surface area contributed by atoms with Crippen LogP contribution in [0.1, 0.15) is 94.9 Å². The molecule has 0 radical (unpaired) electrons. The highest BCUT2D eigenvalue weighted by Crippen LogP contribution is 2.42. The van der Waals surface area contributed by atoms with Crippen molar-refractivity contribution in [3.63, 3.8) is 0 Å². The molecule has 228 valence electrons. The van der Waals surface area contributed by atoms with Crippen molar-refractivity contribution in [2.24, 2.45) is 10.8 Å². The van der Waals surface area contributed by atoms with Crippen molar-refractivity contribution in [2.45, 2.75) is 107 Å². The first kappa shape index (κ1) is 35.3. The van der Waals surface area contributed by atoms with E-state index in [4.69, 9.17) is 0 Å². The van der Waals surface area contributed by atoms with Gasteiger partial charge in [-0.05, 0) is 89.2 Å². The molecule has 0 saturated carbocycles. The number of hydrogen-bond donors (Lipinski definition) is 2. The van der Waals surface area contributed by atoms with Gasteiger partial charge in [0.1, 0.15) is 0 Å². The summed E-state index contributed by atoms with van der Waals surface area (Å²) in [5.41, 5.74) is 10.1. The Hall–Kier alpha value is -2.94. The van der Waals surface area contributed by atoms with Gasteiger partial charge in [0.25, 0.3) is 0 Å². The molecule has 0 unspecified atom stereocenters. The minimum absolute atomic E-state index is 0.00547. The van der Waals surface area contributed by atoms with E-state index < -0.39 is 0 Å². The van der Waals surface area contributed by atoms with Crippen molar-refractivity contribution in [1.29, 1.82) is 0 Å². The Labute approximate surface area is 257 Å². The zero-order chi connectivity index (χ0) is 31.5. The maximum Gasteiger partial charge on any atom is 0.0585 e. The fourth-order valence-corrected chi connectivity index (χ4v) is 6.13. The van der Waals surface area contributed by atoms with Crippen molar-refractivity contribution in [2.75, 3.05) is 0 Å². The number of aliphatic hydroxyl groups is 2. The van der Waals surface area contributed by atoms with Gasteiger partial charge in [0.05, 0.1) is 12.2 Å². The number of rotatable bonds is 10. The van der Waals surface area contributed by atoms with Gasteiger partial charge < -0.3 is 10.2 Å². The van der Waals surface area contributed by atoms with E-state index in [1.165, 1.54) is 44.6 Å². The van der Waals surface area contributed by atoms with Gasteiger partial charge in [-0.15, -0.1) is 0 Å². The third-order valence-corrected chi connectivity index (χ3v) is 8.24. The maximum atomic E-state index is 10.1. The monoisotopic (exact) mass is 568 g/mol. The summed E-state index contributed by atoms with van der Waals surface area (Å²) in [6, 6.07) is 0. The van der Waals surface area contributed by atoms with Crippen LogP contribution in [0.15, 0.2) is 130 Å². The van der Waals surface area contributed by atoms with Crippen molar-refractivity contribution in [3.05, 3.63) is 130 Å². The molecule has 2 N–H and O–H groups in total. The van der Waals surface area contributed by atoms with Crippen LogP contribution in [0, 0.1) is 10.8 Å². The van der Waals surface area contributed by atoms with Crippen LogP contribution < -0.4 is 0 Å². The molecule has 0 amide bonds. The molecule has 0 aromatic rings. The van der Waals surface area contributed by atoms with Crippen LogP contribution in [-0.4, -0.2) is 22.4 Å². The zero-order valence-corrected chi connectivity index (χ0v) is 28.0. The van der Waals surface area contributed by atoms with Crippen molar-refractivity contribution < 1.29 is 10.2 Å². The van der Waals surface area contributed by atoms with E-state index in [-0.39, 0.29) is 23.0 Å². The lowest BCUT2D eigenvalue weighted by Gasteiger charge is -2.35. The van der Waals surface area contributed by atoms with E-state index >= 15 is 0 Å². The smallest absolute Gasteiger partial charge is 0.0585 e. The topological polar surface area (TPSA) is 40.5 Å². The Morgan fingerprint density at radius 1 is 0.548 bits per heavy atom. The van der Waals surface area contributed by atoms with Gasteiger partial charge in [-0.1, -0.05) is 146 Å². The molecule has 0 fully saturated rings. The average molecular weight is 569 g/mol. The van der Waals surface area contributed by atoms with Gasteiger partial charge in [-0.3, -0.25) is 0 Å². The van der Waals surface area contributed by atoms with Crippen LogP contribution in [0.25, 0.3) is 0 Å². The second-order valence-electron chi connectivity index (χ2n) is 13.7. The first-order valence-electron chi connectivity index (χ1n) is 15.5. The first-order chi connectivity index (χ1) is 19.6. The Morgan fingerprint density at radius 2 is 0.857 bits per heavy atom. The Morgan fingerprint density at radius 3 is 1.19 bits per heavy atom. The van der Waals surface area contributed by atoms with E-state index in [0.717, 1.165) is 25.7 Å². The molecule has 0 aromatic carbocycles. The van der Waals surface area contributed by atoms with Gasteiger partial charge in [-0.2, -0.15) is 0 Å². The highest BCUT2D eigenvalue weighted by atomic mass is 16.3. The summed E-state index contributed by atoms with van der Waals surface area (Å²) in [6.07, 6.45) is 32.6. The number of hydrogen-bond acceptors (Lipinski definition) is 2. The van der Waals surface area contributed by atoms with E-state index in [9.17, 15) is 10.2 Å². The van der Waals surface area contributed by atoms with E-state index in [2.05, 4.69) is 154 Å². The molecule has 42 heavy (non-hydrogen) atoms. The summed E-state index contributed by atoms with van der Waals surface area (Å²) in [4.78, 5) is 0. The minimum Gasteiger partial charge on any atom is -0.393 e. The predicted octanol–water partition coefficient (Wildman–Crippen LogP) is 10.5. The molecule has 0 saturated heterocycles. The quantitative estimate of drug-likeness (QED) is 0.257. The van der Waals surface area contributed by atoms with Crippen LogP contribution in [0.2, 0.25) is 0 Å². The lowest BCUT2D eigenvalue weighted by Crippen LogP contribution is -2.28. The molecule has 2 rings (SSSR count). The summed E-state index contributed by atoms with van der Waals surface area (Å²) < 4.78 is 0. The molecular weight excluding hydrogens is 512 g/mol. The van der Waals surface area contributed by atoms with Gasteiger partial charge in [0, 0.05) is 0 Å². The lowest BCUT2D eigenvalue weighted by atomic mass is 9.71. The van der Waals surface area contributed by atoms with Crippen molar-refractivity contribution in [1.82, 2.24) is 0 Å². The second kappa shape index (κ2) is 16.1. The molecule has 0 heterocycles. The average Bonchev–Trinajstić information content (AvgIpc) is 2.84. The van der Waals surface area contributed by atoms with Crippen LogP contribution in [0.4, 0.5) is 0 Å². The molecule has 0 bridgehead atoms. The third kappa shape index (κ3) is 11.7. The van der Waals surface area contributed by atoms with Crippen LogP contribution in [0.5, 0.6) is 0 Å². The molecule has 2 nitrogen and oxygen atoms in total. The zero-order valence-electron chi connectivity index (χ0n) is 28.0. The highest BCUT2D eigenvalue weighted by molar-refractivity contribution is 5.39. The fraction of sp³-hybridized carbons (Fsp3) is 0.450. The Bertz CT molecular complexity index is 1190. The molecule has 2 heteroatoms. The maximum absolute atomic E-state index is 10.1. The second-order valence-corrected chi connectivity index (χ2v) is 13.7. The summed E-state index contributed by atoms with van der Waals surface area (Å²) in [7, 11) is 0. The van der Waals surface area contributed by atoms with Gasteiger partial charge in [-0.25, -0.2) is 0 Å². The molecular formula is C40H56O2. The lowest BCUT2D eigenvalue weighted by molar-refractivity contribution is 0.116. The van der Waals surface area contributed by atoms with Crippen LogP contribution >= 0.6 is 0 Å². The summed E-state index contributed by atoms with van der Waals surface area (Å²) in [5.74, 6) is 0. The summed E-state index contributed by atoms with van der Waals surface area (Å²) >= 11 is 0. The molecule has 0 aliphatic heterocycles. The van der Waals surface area contributed by atoms with Gasteiger partial charge >= 0.3 is 0 Å². The number of aliphatic hydroxyl groups excluding tert-OH is 2. The molecule has 2 aliphatic carbocycles. The Balaban J connectivity index is 1.90. The molecule has 2 atom stereocenters. The van der Waals surface area contributed by atoms with E-state index in [0.29, 0.717) is 0 Å². The van der Waals surface area contributed by atoms with E-state index in [1.807, 2.05) is 0 Å². The minimum atomic E-state index is -0.227. The predicted molar refractivity (Wildman–Crippen MR) is 184 cm³/mol.